The largest absolute Gasteiger partial charge is 0.374 e. The lowest BCUT2D eigenvalue weighted by molar-refractivity contribution is -0.124. The Morgan fingerprint density at radius 3 is 3.10 bits per heavy atom. The van der Waals surface area contributed by atoms with Gasteiger partial charge in [-0.1, -0.05) is 12.1 Å². The van der Waals surface area contributed by atoms with Crippen LogP contribution >= 0.6 is 0 Å². The Bertz CT molecular complexity index is 496. The van der Waals surface area contributed by atoms with Crippen LogP contribution in [0.5, 0.6) is 0 Å². The van der Waals surface area contributed by atoms with E-state index in [1.807, 2.05) is 11.0 Å². The van der Waals surface area contributed by atoms with Gasteiger partial charge in [0.25, 0.3) is 0 Å². The Morgan fingerprint density at radius 1 is 1.57 bits per heavy atom. The molecule has 1 amide bonds. The smallest absolute Gasteiger partial charge is 0.234 e. The molecule has 5 nitrogen and oxygen atoms in total. The van der Waals surface area contributed by atoms with Gasteiger partial charge in [-0.25, -0.2) is 4.39 Å². The molecule has 3 N–H and O–H groups in total. The number of hydrogen-bond acceptors (Lipinski definition) is 4. The molecule has 0 radical (unpaired) electrons. The average Bonchev–Trinajstić information content (AvgIpc) is 2.48. The number of benzene rings is 1. The van der Waals surface area contributed by atoms with E-state index < -0.39 is 0 Å². The van der Waals surface area contributed by atoms with Crippen molar-refractivity contribution in [3.63, 3.8) is 0 Å². The van der Waals surface area contributed by atoms with E-state index in [0.29, 0.717) is 38.3 Å². The highest BCUT2D eigenvalue weighted by Crippen LogP contribution is 2.09. The van der Waals surface area contributed by atoms with E-state index in [1.165, 1.54) is 6.07 Å². The lowest BCUT2D eigenvalue weighted by Crippen LogP contribution is -2.48. The zero-order valence-corrected chi connectivity index (χ0v) is 12.3. The summed E-state index contributed by atoms with van der Waals surface area (Å²) in [5.74, 6) is -0.325. The van der Waals surface area contributed by atoms with Crippen molar-refractivity contribution in [2.45, 2.75) is 19.6 Å². The van der Waals surface area contributed by atoms with E-state index in [0.717, 1.165) is 12.1 Å². The van der Waals surface area contributed by atoms with Crippen LogP contribution in [0.15, 0.2) is 18.2 Å². The molecule has 0 bridgehead atoms. The number of rotatable bonds is 5. The summed E-state index contributed by atoms with van der Waals surface area (Å²) < 4.78 is 18.9. The van der Waals surface area contributed by atoms with Crippen molar-refractivity contribution in [1.29, 1.82) is 0 Å². The van der Waals surface area contributed by atoms with Gasteiger partial charge in [0.1, 0.15) is 5.82 Å². The SMILES string of the molecule is Cc1ccc(CNC(=O)CN2CCOC(CN)C2)cc1F. The number of aryl methyl sites for hydroxylation is 1. The summed E-state index contributed by atoms with van der Waals surface area (Å²) in [5, 5.41) is 2.81. The molecule has 6 heteroatoms. The Morgan fingerprint density at radius 2 is 2.38 bits per heavy atom. The van der Waals surface area contributed by atoms with Gasteiger partial charge in [0.05, 0.1) is 19.3 Å². The Hall–Kier alpha value is -1.50. The molecule has 1 aliphatic rings. The number of ether oxygens (including phenoxy) is 1. The van der Waals surface area contributed by atoms with Crippen LogP contribution < -0.4 is 11.1 Å². The number of halogens is 1. The van der Waals surface area contributed by atoms with E-state index in [1.54, 1.807) is 13.0 Å². The van der Waals surface area contributed by atoms with E-state index >= 15 is 0 Å². The second kappa shape index (κ2) is 7.49. The molecule has 1 aromatic rings. The van der Waals surface area contributed by atoms with Gasteiger partial charge in [-0.2, -0.15) is 0 Å². The number of morpholine rings is 1. The first-order valence-electron chi connectivity index (χ1n) is 7.14. The van der Waals surface area contributed by atoms with Crippen molar-refractivity contribution in [2.75, 3.05) is 32.8 Å². The number of nitrogens with zero attached hydrogens (tertiary/aromatic N) is 1. The zero-order valence-electron chi connectivity index (χ0n) is 12.3. The summed E-state index contributed by atoms with van der Waals surface area (Å²) in [6.07, 6.45) is -0.00209. The molecule has 1 saturated heterocycles. The van der Waals surface area contributed by atoms with Gasteiger partial charge in [-0.15, -0.1) is 0 Å². The zero-order chi connectivity index (χ0) is 15.2. The van der Waals surface area contributed by atoms with Crippen LogP contribution in [-0.4, -0.2) is 49.7 Å². The lowest BCUT2D eigenvalue weighted by Gasteiger charge is -2.31. The third-order valence-electron chi connectivity index (χ3n) is 3.58. The maximum Gasteiger partial charge on any atom is 0.234 e. The number of amides is 1. The number of hydrogen-bond donors (Lipinski definition) is 2. The van der Waals surface area contributed by atoms with Crippen LogP contribution in [0.4, 0.5) is 4.39 Å². The van der Waals surface area contributed by atoms with Crippen LogP contribution in [0.25, 0.3) is 0 Å². The summed E-state index contributed by atoms with van der Waals surface area (Å²) >= 11 is 0. The third-order valence-corrected chi connectivity index (χ3v) is 3.58. The fourth-order valence-electron chi connectivity index (χ4n) is 2.27. The molecule has 0 saturated carbocycles. The first-order chi connectivity index (χ1) is 10.1. The fraction of sp³-hybridized carbons (Fsp3) is 0.533. The molecule has 1 aromatic carbocycles. The first-order valence-corrected chi connectivity index (χ1v) is 7.14. The molecule has 1 fully saturated rings. The van der Waals surface area contributed by atoms with E-state index in [4.69, 9.17) is 10.5 Å². The maximum absolute atomic E-state index is 13.4. The van der Waals surface area contributed by atoms with Crippen LogP contribution in [0, 0.1) is 12.7 Å². The molecular formula is C15H22FN3O2. The van der Waals surface area contributed by atoms with Crippen LogP contribution in [-0.2, 0) is 16.1 Å². The topological polar surface area (TPSA) is 67.6 Å². The molecule has 1 heterocycles. The number of carbonyl (C=O) groups is 1. The quantitative estimate of drug-likeness (QED) is 0.825. The summed E-state index contributed by atoms with van der Waals surface area (Å²) in [6.45, 7) is 4.81. The minimum absolute atomic E-state index is 0.00209. The van der Waals surface area contributed by atoms with Gasteiger partial charge in [-0.05, 0) is 24.1 Å². The van der Waals surface area contributed by atoms with Crippen molar-refractivity contribution in [3.05, 3.63) is 35.1 Å². The minimum atomic E-state index is -0.249. The maximum atomic E-state index is 13.4. The molecule has 2 rings (SSSR count). The van der Waals surface area contributed by atoms with Gasteiger partial charge in [0.2, 0.25) is 5.91 Å². The summed E-state index contributed by atoms with van der Waals surface area (Å²) in [7, 11) is 0. The van der Waals surface area contributed by atoms with Crippen molar-refractivity contribution < 1.29 is 13.9 Å². The van der Waals surface area contributed by atoms with Crippen LogP contribution in [0.2, 0.25) is 0 Å². The number of nitrogens with one attached hydrogen (secondary N) is 1. The first kappa shape index (κ1) is 15.9. The fourth-order valence-corrected chi connectivity index (χ4v) is 2.27. The highest BCUT2D eigenvalue weighted by molar-refractivity contribution is 5.78. The highest BCUT2D eigenvalue weighted by atomic mass is 19.1. The van der Waals surface area contributed by atoms with E-state index in [-0.39, 0.29) is 17.8 Å². The normalized spacial score (nSPS) is 19.5. The minimum Gasteiger partial charge on any atom is -0.374 e. The molecule has 0 aliphatic carbocycles. The van der Waals surface area contributed by atoms with Gasteiger partial charge in [0.15, 0.2) is 0 Å². The van der Waals surface area contributed by atoms with Crippen LogP contribution in [0.1, 0.15) is 11.1 Å². The number of carbonyl (C=O) groups excluding carboxylic acids is 1. The van der Waals surface area contributed by atoms with Gasteiger partial charge in [0, 0.05) is 26.2 Å². The second-order valence-electron chi connectivity index (χ2n) is 5.32. The predicted molar refractivity (Wildman–Crippen MR) is 78.2 cm³/mol. The predicted octanol–water partition coefficient (Wildman–Crippen LogP) is 0.410. The second-order valence-corrected chi connectivity index (χ2v) is 5.32. The molecule has 0 spiro atoms. The molecule has 1 atom stereocenters. The van der Waals surface area contributed by atoms with Crippen molar-refractivity contribution in [1.82, 2.24) is 10.2 Å². The highest BCUT2D eigenvalue weighted by Gasteiger charge is 2.20. The summed E-state index contributed by atoms with van der Waals surface area (Å²) in [4.78, 5) is 13.9. The van der Waals surface area contributed by atoms with Gasteiger partial charge in [-0.3, -0.25) is 9.69 Å². The molecule has 0 aromatic heterocycles. The Balaban J connectivity index is 1.77. The van der Waals surface area contributed by atoms with Gasteiger partial charge < -0.3 is 15.8 Å². The third kappa shape index (κ3) is 4.77. The standard InChI is InChI=1S/C15H22FN3O2/c1-11-2-3-12(6-14(11)16)8-18-15(20)10-19-4-5-21-13(7-17)9-19/h2-3,6,13H,4-5,7-10,17H2,1H3,(H,18,20). The van der Waals surface area contributed by atoms with Crippen molar-refractivity contribution in [2.24, 2.45) is 5.73 Å². The lowest BCUT2D eigenvalue weighted by atomic mass is 10.1. The Labute approximate surface area is 124 Å². The summed E-state index contributed by atoms with van der Waals surface area (Å²) in [6, 6.07) is 4.98. The van der Waals surface area contributed by atoms with Crippen molar-refractivity contribution in [3.8, 4) is 0 Å². The molecule has 21 heavy (non-hydrogen) atoms. The molecule has 116 valence electrons. The molecule has 1 aliphatic heterocycles. The van der Waals surface area contributed by atoms with Gasteiger partial charge >= 0.3 is 0 Å². The van der Waals surface area contributed by atoms with E-state index in [2.05, 4.69) is 5.32 Å². The van der Waals surface area contributed by atoms with Crippen LogP contribution in [0.3, 0.4) is 0 Å². The monoisotopic (exact) mass is 295 g/mol. The number of nitrogens with two attached hydrogens (primary N) is 1. The Kier molecular flexibility index (Phi) is 5.67. The van der Waals surface area contributed by atoms with E-state index in [9.17, 15) is 9.18 Å². The molecular weight excluding hydrogens is 273 g/mol. The molecule has 1 unspecified atom stereocenters. The van der Waals surface area contributed by atoms with Crippen molar-refractivity contribution >= 4 is 5.91 Å². The summed E-state index contributed by atoms with van der Waals surface area (Å²) in [5.41, 5.74) is 6.93. The average molecular weight is 295 g/mol.